The Balaban J connectivity index is 2.49. The summed E-state index contributed by atoms with van der Waals surface area (Å²) in [5.74, 6) is -6.57. The molecule has 1 heterocycles. The van der Waals surface area contributed by atoms with Crippen LogP contribution in [0.25, 0.3) is 0 Å². The van der Waals surface area contributed by atoms with Crippen LogP contribution >= 0.6 is 0 Å². The summed E-state index contributed by atoms with van der Waals surface area (Å²) in [6, 6.07) is 0.306. The molecule has 1 saturated heterocycles. The van der Waals surface area contributed by atoms with Crippen molar-refractivity contribution in [1.82, 2.24) is 4.90 Å². The van der Waals surface area contributed by atoms with Crippen molar-refractivity contribution in [3.8, 4) is 0 Å². The highest BCUT2D eigenvalue weighted by atomic mass is 32.2. The molecule has 1 aromatic carbocycles. The van der Waals surface area contributed by atoms with Crippen LogP contribution in [0.4, 0.5) is 35.1 Å². The zero-order chi connectivity index (χ0) is 25.9. The van der Waals surface area contributed by atoms with Crippen LogP contribution < -0.4 is 5.11 Å². The number of rotatable bonds is 9. The highest BCUT2D eigenvalue weighted by Crippen LogP contribution is 2.49. The van der Waals surface area contributed by atoms with Gasteiger partial charge in [0.15, 0.2) is 0 Å². The fourth-order valence-electron chi connectivity index (χ4n) is 4.35. The molecule has 12 heteroatoms. The first-order valence-corrected chi connectivity index (χ1v) is 12.8. The van der Waals surface area contributed by atoms with Crippen LogP contribution in [0.15, 0.2) is 24.3 Å². The van der Waals surface area contributed by atoms with Gasteiger partial charge in [-0.25, -0.2) is 8.78 Å². The van der Waals surface area contributed by atoms with Gasteiger partial charge in [0.05, 0.1) is 24.1 Å². The standard InChI is InChI=1S/C22H27F8NO2S/c1-34(2)12-9-17(7-10-20(23,24)25)31-11-8-16(13-18(32)33)21(26,27)19(31)14-3-5-15(6-4-14)22(28,29)30/h3-6,16-17,19H,7-13H2,1-2H3/t16-,17-,19+/m0/s1. The molecule has 1 aliphatic heterocycles. The Kier molecular flexibility index (Phi) is 9.29. The maximum Gasteiger partial charge on any atom is 0.416 e. The van der Waals surface area contributed by atoms with E-state index >= 15 is 8.78 Å². The van der Waals surface area contributed by atoms with E-state index in [0.29, 0.717) is 17.9 Å². The van der Waals surface area contributed by atoms with Crippen molar-refractivity contribution >= 4 is 16.9 Å². The third kappa shape index (κ3) is 7.73. The minimum Gasteiger partial charge on any atom is -0.550 e. The summed E-state index contributed by atoms with van der Waals surface area (Å²) in [7, 11) is -0.175. The number of likely N-dealkylation sites (tertiary alicyclic amines) is 1. The molecule has 34 heavy (non-hydrogen) atoms. The van der Waals surface area contributed by atoms with Crippen molar-refractivity contribution in [3.63, 3.8) is 0 Å². The summed E-state index contributed by atoms with van der Waals surface area (Å²) >= 11 is 0. The number of hydrogen-bond acceptors (Lipinski definition) is 3. The normalized spacial score (nSPS) is 22.7. The molecule has 1 aromatic rings. The quantitative estimate of drug-likeness (QED) is 0.346. The van der Waals surface area contributed by atoms with Crippen molar-refractivity contribution in [2.45, 2.75) is 62.5 Å². The third-order valence-electron chi connectivity index (χ3n) is 6.03. The van der Waals surface area contributed by atoms with Crippen LogP contribution in [0.2, 0.25) is 0 Å². The molecule has 0 saturated carbocycles. The van der Waals surface area contributed by atoms with Crippen molar-refractivity contribution in [2.75, 3.05) is 24.8 Å². The summed E-state index contributed by atoms with van der Waals surface area (Å²) in [5, 5.41) is 11.1. The third-order valence-corrected chi connectivity index (χ3v) is 7.08. The average Bonchev–Trinajstić information content (AvgIpc) is 2.67. The van der Waals surface area contributed by atoms with Crippen molar-refractivity contribution in [2.24, 2.45) is 5.92 Å². The zero-order valence-corrected chi connectivity index (χ0v) is 19.5. The maximum atomic E-state index is 15.6. The van der Waals surface area contributed by atoms with Crippen LogP contribution in [-0.4, -0.2) is 53.8 Å². The molecule has 0 bridgehead atoms. The van der Waals surface area contributed by atoms with Crippen LogP contribution in [0.1, 0.15) is 49.3 Å². The van der Waals surface area contributed by atoms with Gasteiger partial charge in [0.1, 0.15) is 5.75 Å². The number of carbonyl (C=O) groups excluding carboxylic acids is 1. The van der Waals surface area contributed by atoms with Crippen LogP contribution in [0.5, 0.6) is 0 Å². The van der Waals surface area contributed by atoms with Gasteiger partial charge in [0.25, 0.3) is 5.92 Å². The molecule has 0 aromatic heterocycles. The highest BCUT2D eigenvalue weighted by Gasteiger charge is 2.54. The number of halogens is 8. The summed E-state index contributed by atoms with van der Waals surface area (Å²) in [6.07, 6.45) is -8.14. The topological polar surface area (TPSA) is 43.4 Å². The smallest absolute Gasteiger partial charge is 0.416 e. The Morgan fingerprint density at radius 2 is 1.71 bits per heavy atom. The van der Waals surface area contributed by atoms with E-state index in [1.165, 1.54) is 4.90 Å². The van der Waals surface area contributed by atoms with E-state index in [9.17, 15) is 36.2 Å². The first kappa shape index (κ1) is 28.7. The Morgan fingerprint density at radius 3 is 2.18 bits per heavy atom. The molecule has 0 aliphatic carbocycles. The van der Waals surface area contributed by atoms with E-state index in [2.05, 4.69) is 0 Å². The molecule has 194 valence electrons. The van der Waals surface area contributed by atoms with E-state index in [4.69, 9.17) is 0 Å². The number of alkyl halides is 8. The minimum atomic E-state index is -4.70. The lowest BCUT2D eigenvalue weighted by Gasteiger charge is -2.49. The first-order chi connectivity index (χ1) is 15.5. The van der Waals surface area contributed by atoms with Crippen molar-refractivity contribution in [1.29, 1.82) is 0 Å². The van der Waals surface area contributed by atoms with Crippen LogP contribution in [0.3, 0.4) is 0 Å². The Morgan fingerprint density at radius 1 is 1.12 bits per heavy atom. The fraction of sp³-hybridized carbons (Fsp3) is 0.682. The molecule has 1 aliphatic rings. The largest absolute Gasteiger partial charge is 0.550 e. The second-order valence-electron chi connectivity index (χ2n) is 8.78. The van der Waals surface area contributed by atoms with Crippen molar-refractivity contribution < 1.29 is 45.0 Å². The Labute approximate surface area is 195 Å². The molecule has 3 nitrogen and oxygen atoms in total. The van der Waals surface area contributed by atoms with Gasteiger partial charge in [0.2, 0.25) is 0 Å². The Hall–Kier alpha value is -1.56. The molecule has 3 atom stereocenters. The predicted octanol–water partition coefficient (Wildman–Crippen LogP) is 4.82. The van der Waals surface area contributed by atoms with Gasteiger partial charge in [-0.1, -0.05) is 12.1 Å². The number of piperidine rings is 1. The van der Waals surface area contributed by atoms with Gasteiger partial charge in [-0.15, -0.1) is 0 Å². The lowest BCUT2D eigenvalue weighted by Crippen LogP contribution is -2.55. The number of carbonyl (C=O) groups is 1. The predicted molar refractivity (Wildman–Crippen MR) is 111 cm³/mol. The van der Waals surface area contributed by atoms with Gasteiger partial charge < -0.3 is 9.90 Å². The second-order valence-corrected chi connectivity index (χ2v) is 11.2. The van der Waals surface area contributed by atoms with Crippen molar-refractivity contribution in [3.05, 3.63) is 35.4 Å². The SMILES string of the molecule is C[S+](C)CC[C@H](CCC(F)(F)F)N1CC[C@@H](CC(=O)[O-])C(F)(F)[C@H]1c1ccc(C(F)(F)F)cc1. The van der Waals surface area contributed by atoms with E-state index in [1.54, 1.807) is 0 Å². The highest BCUT2D eigenvalue weighted by molar-refractivity contribution is 7.95. The Bertz CT molecular complexity index is 811. The van der Waals surface area contributed by atoms with Gasteiger partial charge in [0, 0.05) is 30.8 Å². The monoisotopic (exact) mass is 521 g/mol. The lowest BCUT2D eigenvalue weighted by molar-refractivity contribution is -0.310. The number of carboxylic acid groups (broad SMARTS) is 1. The van der Waals surface area contributed by atoms with Gasteiger partial charge in [-0.05, 0) is 54.4 Å². The number of hydrogen-bond donors (Lipinski definition) is 0. The van der Waals surface area contributed by atoms with E-state index in [-0.39, 0.29) is 35.8 Å². The molecule has 0 unspecified atom stereocenters. The van der Waals surface area contributed by atoms with Gasteiger partial charge >= 0.3 is 12.4 Å². The fourth-order valence-corrected chi connectivity index (χ4v) is 5.09. The average molecular weight is 522 g/mol. The zero-order valence-electron chi connectivity index (χ0n) is 18.7. The summed E-state index contributed by atoms with van der Waals surface area (Å²) in [4.78, 5) is 12.3. The lowest BCUT2D eigenvalue weighted by atomic mass is 9.80. The molecule has 0 N–H and O–H groups in total. The summed E-state index contributed by atoms with van der Waals surface area (Å²) in [5.41, 5.74) is -1.26. The summed E-state index contributed by atoms with van der Waals surface area (Å²) in [6.45, 7) is -0.108. The summed E-state index contributed by atoms with van der Waals surface area (Å²) < 4.78 is 109. The second kappa shape index (κ2) is 11.0. The molecule has 0 spiro atoms. The van der Waals surface area contributed by atoms with Crippen LogP contribution in [0, 0.1) is 5.92 Å². The number of aliphatic carboxylic acids is 1. The molecule has 1 fully saturated rings. The number of carboxylic acids is 1. The van der Waals surface area contributed by atoms with E-state index in [0.717, 1.165) is 12.1 Å². The number of benzene rings is 1. The first-order valence-electron chi connectivity index (χ1n) is 10.6. The molecule has 0 radical (unpaired) electrons. The van der Waals surface area contributed by atoms with Gasteiger partial charge in [-0.2, -0.15) is 26.3 Å². The molecular weight excluding hydrogens is 494 g/mol. The number of nitrogens with zero attached hydrogens (tertiary/aromatic N) is 1. The van der Waals surface area contributed by atoms with E-state index < -0.39 is 67.1 Å². The molecule has 0 amide bonds. The maximum absolute atomic E-state index is 15.6. The minimum absolute atomic E-state index is 0.108. The van der Waals surface area contributed by atoms with Gasteiger partial charge in [-0.3, -0.25) is 4.90 Å². The molecular formula is C22H27F8NO2S. The van der Waals surface area contributed by atoms with E-state index in [1.807, 2.05) is 12.5 Å². The van der Waals surface area contributed by atoms with Crippen LogP contribution in [-0.2, 0) is 21.9 Å². The molecule has 2 rings (SSSR count).